The summed E-state index contributed by atoms with van der Waals surface area (Å²) in [6.45, 7) is 5.32. The van der Waals surface area contributed by atoms with E-state index in [0.29, 0.717) is 6.04 Å². The van der Waals surface area contributed by atoms with Gasteiger partial charge in [-0.2, -0.15) is 0 Å². The summed E-state index contributed by atoms with van der Waals surface area (Å²) in [5, 5.41) is 6.64. The highest BCUT2D eigenvalue weighted by molar-refractivity contribution is 5.86. The molecular weight excluding hydrogens is 212 g/mol. The predicted molar refractivity (Wildman–Crippen MR) is 69.8 cm³/mol. The highest BCUT2D eigenvalue weighted by atomic mass is 16.2. The molecule has 1 aliphatic heterocycles. The van der Waals surface area contributed by atoms with Crippen LogP contribution in [0.3, 0.4) is 0 Å². The van der Waals surface area contributed by atoms with Crippen LogP contribution < -0.4 is 10.6 Å². The van der Waals surface area contributed by atoms with Crippen molar-refractivity contribution in [3.8, 4) is 0 Å². The quantitative estimate of drug-likeness (QED) is 0.774. The molecule has 3 atom stereocenters. The third kappa shape index (κ3) is 3.21. The summed E-state index contributed by atoms with van der Waals surface area (Å²) < 4.78 is 0. The highest BCUT2D eigenvalue weighted by Gasteiger charge is 2.35. The van der Waals surface area contributed by atoms with Gasteiger partial charge in [0.2, 0.25) is 5.91 Å². The first-order chi connectivity index (χ1) is 8.10. The van der Waals surface area contributed by atoms with Crippen molar-refractivity contribution in [2.24, 2.45) is 5.92 Å². The zero-order valence-electron chi connectivity index (χ0n) is 11.2. The largest absolute Gasteiger partial charge is 0.352 e. The van der Waals surface area contributed by atoms with Crippen molar-refractivity contribution in [1.29, 1.82) is 0 Å². The Morgan fingerprint density at radius 2 is 2.12 bits per heavy atom. The molecule has 1 amide bonds. The van der Waals surface area contributed by atoms with E-state index < -0.39 is 0 Å². The maximum absolute atomic E-state index is 12.3. The van der Waals surface area contributed by atoms with Gasteiger partial charge in [-0.25, -0.2) is 0 Å². The Kier molecular flexibility index (Phi) is 4.08. The number of piperidine rings is 1. The van der Waals surface area contributed by atoms with Gasteiger partial charge < -0.3 is 10.6 Å². The average Bonchev–Trinajstić information content (AvgIpc) is 2.30. The normalized spacial score (nSPS) is 38.7. The first-order valence-electron chi connectivity index (χ1n) is 7.16. The molecule has 0 aromatic rings. The molecule has 0 aromatic heterocycles. The van der Waals surface area contributed by atoms with Crippen molar-refractivity contribution in [3.63, 3.8) is 0 Å². The molecule has 2 aliphatic rings. The number of hydrogen-bond donors (Lipinski definition) is 2. The molecule has 0 aromatic carbocycles. The number of hydrogen-bond acceptors (Lipinski definition) is 2. The molecule has 2 rings (SSSR count). The molecule has 2 fully saturated rings. The molecule has 3 unspecified atom stereocenters. The minimum atomic E-state index is -0.321. The summed E-state index contributed by atoms with van der Waals surface area (Å²) in [4.78, 5) is 12.3. The Morgan fingerprint density at radius 3 is 2.76 bits per heavy atom. The summed E-state index contributed by atoms with van der Waals surface area (Å²) in [7, 11) is 0. The second kappa shape index (κ2) is 5.38. The number of nitrogens with one attached hydrogen (secondary N) is 2. The first-order valence-corrected chi connectivity index (χ1v) is 7.16. The van der Waals surface area contributed by atoms with Crippen LogP contribution in [0, 0.1) is 5.92 Å². The second-order valence-corrected chi connectivity index (χ2v) is 6.16. The van der Waals surface area contributed by atoms with Crippen molar-refractivity contribution in [3.05, 3.63) is 0 Å². The van der Waals surface area contributed by atoms with E-state index in [1.807, 2.05) is 6.92 Å². The van der Waals surface area contributed by atoms with Gasteiger partial charge in [-0.3, -0.25) is 4.79 Å². The average molecular weight is 238 g/mol. The van der Waals surface area contributed by atoms with Crippen molar-refractivity contribution in [1.82, 2.24) is 10.6 Å². The Labute approximate surface area is 105 Å². The smallest absolute Gasteiger partial charge is 0.240 e. The lowest BCUT2D eigenvalue weighted by atomic mass is 9.85. The molecule has 0 bridgehead atoms. The number of carbonyl (C=O) groups is 1. The lowest BCUT2D eigenvalue weighted by Crippen LogP contribution is -2.58. The predicted octanol–water partition coefficient (Wildman–Crippen LogP) is 2.21. The summed E-state index contributed by atoms with van der Waals surface area (Å²) in [6, 6.07) is 0.409. The third-order valence-corrected chi connectivity index (χ3v) is 4.39. The zero-order chi connectivity index (χ0) is 12.3. The van der Waals surface area contributed by atoms with Crippen LogP contribution in [0.4, 0.5) is 0 Å². The molecule has 1 saturated heterocycles. The van der Waals surface area contributed by atoms with Gasteiger partial charge in [0.25, 0.3) is 0 Å². The molecule has 1 saturated carbocycles. The number of carbonyl (C=O) groups excluding carboxylic acids is 1. The molecule has 0 radical (unpaired) electrons. The minimum Gasteiger partial charge on any atom is -0.352 e. The van der Waals surface area contributed by atoms with Crippen LogP contribution in [-0.2, 0) is 4.79 Å². The van der Waals surface area contributed by atoms with Gasteiger partial charge in [0, 0.05) is 6.04 Å². The lowest BCUT2D eigenvalue weighted by Gasteiger charge is -2.36. The summed E-state index contributed by atoms with van der Waals surface area (Å²) >= 11 is 0. The lowest BCUT2D eigenvalue weighted by molar-refractivity contribution is -0.129. The van der Waals surface area contributed by atoms with Crippen molar-refractivity contribution in [2.75, 3.05) is 6.54 Å². The maximum atomic E-state index is 12.3. The third-order valence-electron chi connectivity index (χ3n) is 4.39. The van der Waals surface area contributed by atoms with Crippen LogP contribution in [0.1, 0.15) is 58.8 Å². The van der Waals surface area contributed by atoms with Crippen LogP contribution in [0.5, 0.6) is 0 Å². The van der Waals surface area contributed by atoms with Crippen LogP contribution in [0.25, 0.3) is 0 Å². The van der Waals surface area contributed by atoms with E-state index in [2.05, 4.69) is 17.6 Å². The summed E-state index contributed by atoms with van der Waals surface area (Å²) in [6.07, 6.45) is 8.23. The van der Waals surface area contributed by atoms with Gasteiger partial charge in [0.15, 0.2) is 0 Å². The van der Waals surface area contributed by atoms with Crippen molar-refractivity contribution in [2.45, 2.75) is 70.4 Å². The molecule has 1 aliphatic carbocycles. The molecule has 2 N–H and O–H groups in total. The van der Waals surface area contributed by atoms with Gasteiger partial charge in [-0.1, -0.05) is 19.8 Å². The number of amides is 1. The minimum absolute atomic E-state index is 0.219. The fourth-order valence-electron chi connectivity index (χ4n) is 3.16. The fourth-order valence-corrected chi connectivity index (χ4v) is 3.16. The standard InChI is InChI=1S/C14H26N2O/c1-11-6-5-7-12(10-11)16-13(17)14(2)8-3-4-9-15-14/h11-12,15H,3-10H2,1-2H3,(H,16,17). The number of rotatable bonds is 2. The monoisotopic (exact) mass is 238 g/mol. The van der Waals surface area contributed by atoms with E-state index >= 15 is 0 Å². The Hall–Kier alpha value is -0.570. The topological polar surface area (TPSA) is 41.1 Å². The summed E-state index contributed by atoms with van der Waals surface area (Å²) in [5.41, 5.74) is -0.321. The molecular formula is C14H26N2O. The van der Waals surface area contributed by atoms with E-state index in [0.717, 1.165) is 38.1 Å². The van der Waals surface area contributed by atoms with Crippen molar-refractivity contribution >= 4 is 5.91 Å². The molecule has 3 heteroatoms. The Bertz CT molecular complexity index is 271. The fraction of sp³-hybridized carbons (Fsp3) is 0.929. The molecule has 3 nitrogen and oxygen atoms in total. The molecule has 1 heterocycles. The van der Waals surface area contributed by atoms with E-state index in [1.54, 1.807) is 0 Å². The second-order valence-electron chi connectivity index (χ2n) is 6.16. The van der Waals surface area contributed by atoms with Crippen LogP contribution in [0.15, 0.2) is 0 Å². The van der Waals surface area contributed by atoms with Gasteiger partial charge in [-0.05, 0) is 51.5 Å². The van der Waals surface area contributed by atoms with Gasteiger partial charge in [0.05, 0.1) is 5.54 Å². The van der Waals surface area contributed by atoms with Crippen LogP contribution >= 0.6 is 0 Å². The van der Waals surface area contributed by atoms with Gasteiger partial charge in [0.1, 0.15) is 0 Å². The Balaban J connectivity index is 1.87. The van der Waals surface area contributed by atoms with E-state index in [-0.39, 0.29) is 11.4 Å². The van der Waals surface area contributed by atoms with E-state index in [9.17, 15) is 4.79 Å². The van der Waals surface area contributed by atoms with Gasteiger partial charge in [-0.15, -0.1) is 0 Å². The summed E-state index contributed by atoms with van der Waals surface area (Å²) in [5.74, 6) is 0.984. The Morgan fingerprint density at radius 1 is 1.29 bits per heavy atom. The van der Waals surface area contributed by atoms with E-state index in [1.165, 1.54) is 19.3 Å². The van der Waals surface area contributed by atoms with Crippen LogP contribution in [0.2, 0.25) is 0 Å². The SMILES string of the molecule is CC1CCCC(NC(=O)C2(C)CCCCN2)C1. The molecule has 17 heavy (non-hydrogen) atoms. The zero-order valence-corrected chi connectivity index (χ0v) is 11.2. The molecule has 98 valence electrons. The molecule has 0 spiro atoms. The maximum Gasteiger partial charge on any atom is 0.240 e. The van der Waals surface area contributed by atoms with Crippen molar-refractivity contribution < 1.29 is 4.79 Å². The highest BCUT2D eigenvalue weighted by Crippen LogP contribution is 2.25. The van der Waals surface area contributed by atoms with Gasteiger partial charge >= 0.3 is 0 Å². The van der Waals surface area contributed by atoms with E-state index in [4.69, 9.17) is 0 Å². The van der Waals surface area contributed by atoms with Crippen LogP contribution in [-0.4, -0.2) is 24.0 Å². The first kappa shape index (κ1) is 12.9.